The second-order valence-electron chi connectivity index (χ2n) is 11.6. The smallest absolute Gasteiger partial charge is 0.220 e. The Kier molecular flexibility index (Phi) is 14.3. The van der Waals surface area contributed by atoms with Crippen LogP contribution in [0, 0.1) is 12.3 Å². The molecule has 3 aliphatic heterocycles. The Hall–Kier alpha value is -1.45. The van der Waals surface area contributed by atoms with Gasteiger partial charge in [0.05, 0.1) is 24.5 Å². The predicted octanol–water partition coefficient (Wildman–Crippen LogP) is -2.15. The zero-order valence-electron chi connectivity index (χ0n) is 24.0. The molecule has 0 radical (unpaired) electrons. The number of rotatable bonds is 16. The zero-order chi connectivity index (χ0) is 30.7. The third-order valence-electron chi connectivity index (χ3n) is 8.09. The predicted molar refractivity (Wildman–Crippen MR) is 148 cm³/mol. The van der Waals surface area contributed by atoms with Crippen LogP contribution in [0.3, 0.4) is 0 Å². The second kappa shape index (κ2) is 17.1. The first kappa shape index (κ1) is 35.0. The van der Waals surface area contributed by atoms with Gasteiger partial charge in [-0.15, -0.1) is 12.3 Å². The number of hydrazine groups is 1. The van der Waals surface area contributed by atoms with Gasteiger partial charge in [0.2, 0.25) is 5.91 Å². The van der Waals surface area contributed by atoms with Crippen molar-refractivity contribution in [2.24, 2.45) is 0 Å². The van der Waals surface area contributed by atoms with Gasteiger partial charge in [0.25, 0.3) is 0 Å². The number of aliphatic hydroxyl groups is 7. The lowest BCUT2D eigenvalue weighted by atomic mass is 9.98. The quantitative estimate of drug-likeness (QED) is 0.0514. The highest BCUT2D eigenvalue weighted by Gasteiger charge is 2.47. The van der Waals surface area contributed by atoms with Crippen molar-refractivity contribution in [3.8, 4) is 12.3 Å². The molecule has 1 amide bonds. The van der Waals surface area contributed by atoms with Crippen LogP contribution in [0.5, 0.6) is 0 Å². The molecule has 0 aromatic heterocycles. The Labute approximate surface area is 246 Å². The summed E-state index contributed by atoms with van der Waals surface area (Å²) in [4.78, 5) is 12.4. The number of nitrogens with one attached hydrogen (secondary N) is 3. The molecule has 6 unspecified atom stereocenters. The molecule has 10 N–H and O–H groups in total. The number of aliphatic hydroxyl groups excluding tert-OH is 7. The molecule has 3 saturated heterocycles. The minimum atomic E-state index is -1.77. The fourth-order valence-electron chi connectivity index (χ4n) is 5.31. The monoisotopic (exact) mass is 603 g/mol. The molecular weight excluding hydrogens is 554 g/mol. The number of amides is 1. The Bertz CT molecular complexity index is 857. The molecule has 0 bridgehead atoms. The lowest BCUT2D eigenvalue weighted by Gasteiger charge is -2.42. The van der Waals surface area contributed by atoms with E-state index in [4.69, 9.17) is 20.6 Å². The minimum absolute atomic E-state index is 0.0597. The minimum Gasteiger partial charge on any atom is -0.391 e. The van der Waals surface area contributed by atoms with Gasteiger partial charge in [0.1, 0.15) is 36.6 Å². The van der Waals surface area contributed by atoms with Gasteiger partial charge >= 0.3 is 0 Å². The maximum Gasteiger partial charge on any atom is 0.220 e. The number of unbranched alkanes of at least 4 members (excludes halogenated alkanes) is 6. The number of carbonyl (C=O) groups excluding carboxylic acids is 1. The molecule has 0 saturated carbocycles. The maximum absolute atomic E-state index is 12.4. The Morgan fingerprint density at radius 2 is 1.50 bits per heavy atom. The van der Waals surface area contributed by atoms with E-state index >= 15 is 0 Å². The Morgan fingerprint density at radius 3 is 2.19 bits per heavy atom. The lowest BCUT2D eigenvalue weighted by Crippen LogP contribution is -2.62. The van der Waals surface area contributed by atoms with E-state index in [1.807, 2.05) is 0 Å². The van der Waals surface area contributed by atoms with E-state index < -0.39 is 61.4 Å². The summed E-state index contributed by atoms with van der Waals surface area (Å²) in [5.74, 6) is 2.41. The fourth-order valence-corrected chi connectivity index (χ4v) is 5.31. The summed E-state index contributed by atoms with van der Waals surface area (Å²) in [5.41, 5.74) is 6.54. The van der Waals surface area contributed by atoms with Crippen molar-refractivity contribution in [3.63, 3.8) is 0 Å². The van der Waals surface area contributed by atoms with Crippen molar-refractivity contribution in [2.45, 2.75) is 144 Å². The Balaban J connectivity index is 1.33. The first-order valence-electron chi connectivity index (χ1n) is 15.0. The van der Waals surface area contributed by atoms with Crippen LogP contribution in [-0.4, -0.2) is 122 Å². The summed E-state index contributed by atoms with van der Waals surface area (Å²) in [6.07, 6.45) is -0.329. The van der Waals surface area contributed by atoms with E-state index in [1.54, 1.807) is 0 Å². The van der Waals surface area contributed by atoms with Gasteiger partial charge in [-0.25, -0.2) is 10.9 Å². The van der Waals surface area contributed by atoms with Gasteiger partial charge < -0.3 is 55.3 Å². The summed E-state index contributed by atoms with van der Waals surface area (Å²) < 4.78 is 16.3. The van der Waals surface area contributed by atoms with E-state index in [1.165, 1.54) is 0 Å². The maximum atomic E-state index is 12.4. The zero-order valence-corrected chi connectivity index (χ0v) is 24.0. The van der Waals surface area contributed by atoms with Gasteiger partial charge in [0.15, 0.2) is 12.6 Å². The van der Waals surface area contributed by atoms with E-state index in [0.717, 1.165) is 57.8 Å². The van der Waals surface area contributed by atoms with Gasteiger partial charge in [-0.2, -0.15) is 0 Å². The highest BCUT2D eigenvalue weighted by atomic mass is 16.8. The highest BCUT2D eigenvalue weighted by Crippen LogP contribution is 2.27. The molecule has 0 aromatic rings. The first-order valence-corrected chi connectivity index (χ1v) is 15.0. The summed E-state index contributed by atoms with van der Waals surface area (Å²) in [6.45, 7) is -0.523. The molecule has 10 atom stereocenters. The van der Waals surface area contributed by atoms with Crippen molar-refractivity contribution in [1.82, 2.24) is 16.2 Å². The van der Waals surface area contributed by atoms with E-state index in [-0.39, 0.29) is 37.6 Å². The van der Waals surface area contributed by atoms with Gasteiger partial charge in [-0.3, -0.25) is 4.79 Å². The highest BCUT2D eigenvalue weighted by molar-refractivity contribution is 5.75. The van der Waals surface area contributed by atoms with Crippen molar-refractivity contribution < 1.29 is 54.8 Å². The van der Waals surface area contributed by atoms with Gasteiger partial charge in [-0.1, -0.05) is 32.1 Å². The summed E-state index contributed by atoms with van der Waals surface area (Å²) >= 11 is 0. The van der Waals surface area contributed by atoms with Gasteiger partial charge in [-0.05, 0) is 25.7 Å². The van der Waals surface area contributed by atoms with Crippen LogP contribution in [0.15, 0.2) is 0 Å². The van der Waals surface area contributed by atoms with Crippen LogP contribution in [0.25, 0.3) is 0 Å². The first-order chi connectivity index (χ1) is 20.1. The van der Waals surface area contributed by atoms with Gasteiger partial charge in [0, 0.05) is 25.8 Å². The number of hydrogen-bond donors (Lipinski definition) is 10. The normalized spacial score (nSPS) is 36.4. The van der Waals surface area contributed by atoms with Crippen LogP contribution in [0.4, 0.5) is 0 Å². The molecule has 0 aliphatic carbocycles. The number of carbonyl (C=O) groups is 1. The van der Waals surface area contributed by atoms with Crippen molar-refractivity contribution in [2.75, 3.05) is 13.2 Å². The number of ether oxygens (including phenoxy) is 3. The van der Waals surface area contributed by atoms with E-state index in [2.05, 4.69) is 22.1 Å². The number of hydrogen-bond acceptors (Lipinski definition) is 13. The van der Waals surface area contributed by atoms with Crippen LogP contribution in [-0.2, 0) is 19.0 Å². The fraction of sp³-hybridized carbons (Fsp3) is 0.893. The second-order valence-corrected chi connectivity index (χ2v) is 11.6. The van der Waals surface area contributed by atoms with Crippen molar-refractivity contribution in [1.29, 1.82) is 0 Å². The van der Waals surface area contributed by atoms with Crippen LogP contribution in [0.2, 0.25) is 0 Å². The molecule has 242 valence electrons. The Morgan fingerprint density at radius 1 is 0.857 bits per heavy atom. The molecule has 14 heteroatoms. The summed E-state index contributed by atoms with van der Waals surface area (Å²) in [5, 5.41) is 74.0. The van der Waals surface area contributed by atoms with E-state index in [9.17, 15) is 40.5 Å². The molecule has 0 aromatic carbocycles. The molecule has 3 heterocycles. The molecule has 42 heavy (non-hydrogen) atoms. The molecule has 0 spiro atoms. The molecule has 3 fully saturated rings. The van der Waals surface area contributed by atoms with Crippen LogP contribution < -0.4 is 16.2 Å². The van der Waals surface area contributed by atoms with Crippen LogP contribution >= 0.6 is 0 Å². The molecule has 3 rings (SSSR count). The molecular formula is C28H49N3O11. The van der Waals surface area contributed by atoms with Crippen molar-refractivity contribution in [3.05, 3.63) is 0 Å². The molecule has 14 nitrogen and oxygen atoms in total. The lowest BCUT2D eigenvalue weighted by molar-refractivity contribution is -0.354. The topological polar surface area (TPSA) is 242 Å². The molecule has 3 aliphatic rings. The number of terminal acetylenes is 1. The third kappa shape index (κ3) is 10.6. The average Bonchev–Trinajstić information content (AvgIpc) is 3.74. The van der Waals surface area contributed by atoms with Crippen molar-refractivity contribution >= 4 is 5.91 Å². The SMILES string of the molecule is C#CCCCC1(CCCCCCCCC(=O)NCC2O[C@H](O[C@H]3OCC(O)C[C@@H](O)C(O)C3O)C(O)C(O)[C@@H]2O)NN1. The van der Waals surface area contributed by atoms with E-state index in [0.29, 0.717) is 6.42 Å². The van der Waals surface area contributed by atoms with Crippen LogP contribution in [0.1, 0.15) is 77.0 Å². The summed E-state index contributed by atoms with van der Waals surface area (Å²) in [6, 6.07) is 0. The standard InChI is InChI=1S/C28H49N3O11/c1-2-3-9-12-28(30-31-28)13-10-7-5-4-6-8-11-20(34)29-15-19-22(36)23(37)25(39)27(41-19)42-26-24(38)21(35)18(33)14-17(32)16-40-26/h1,17-19,21-27,30-33,35-39H,3-16H2,(H,29,34)/t17?,18-,19?,21?,22-,23?,24?,25?,26-,27-/m1/s1. The summed E-state index contributed by atoms with van der Waals surface area (Å²) in [7, 11) is 0. The average molecular weight is 604 g/mol. The largest absolute Gasteiger partial charge is 0.391 e. The third-order valence-corrected chi connectivity index (χ3v) is 8.09.